The highest BCUT2D eigenvalue weighted by atomic mass is 35.5. The Kier molecular flexibility index (Phi) is 5.98. The second kappa shape index (κ2) is 7.25. The van der Waals surface area contributed by atoms with Crippen LogP contribution in [0.25, 0.3) is 0 Å². The lowest BCUT2D eigenvalue weighted by atomic mass is 10.1. The van der Waals surface area contributed by atoms with Gasteiger partial charge in [-0.25, -0.2) is 0 Å². The number of hydrogen-bond donors (Lipinski definition) is 2. The molecule has 0 saturated carbocycles. The molecule has 1 amide bonds. The van der Waals surface area contributed by atoms with Crippen LogP contribution in [0.4, 0.5) is 14.5 Å². The molecule has 0 aliphatic carbocycles. The number of ether oxygens (including phenoxy) is 1. The molecule has 0 aromatic heterocycles. The molecule has 1 heterocycles. The molecule has 0 bridgehead atoms. The average molecular weight is 293 g/mol. The van der Waals surface area contributed by atoms with Gasteiger partial charge in [-0.1, -0.05) is 0 Å². The summed E-state index contributed by atoms with van der Waals surface area (Å²) in [7, 11) is 0. The quantitative estimate of drug-likeness (QED) is 0.895. The fraction of sp³-hybridized carbons (Fsp3) is 0.417. The van der Waals surface area contributed by atoms with E-state index in [0.29, 0.717) is 12.2 Å². The summed E-state index contributed by atoms with van der Waals surface area (Å²) in [6, 6.07) is 5.87. The van der Waals surface area contributed by atoms with Crippen molar-refractivity contribution in [1.29, 1.82) is 0 Å². The molecule has 7 heteroatoms. The number of alkyl halides is 2. The number of halogens is 3. The second-order valence-corrected chi connectivity index (χ2v) is 4.08. The van der Waals surface area contributed by atoms with E-state index in [1.165, 1.54) is 24.3 Å². The van der Waals surface area contributed by atoms with Gasteiger partial charge in [0.15, 0.2) is 0 Å². The van der Waals surface area contributed by atoms with Gasteiger partial charge >= 0.3 is 6.61 Å². The fourth-order valence-corrected chi connectivity index (χ4v) is 1.84. The summed E-state index contributed by atoms with van der Waals surface area (Å²) in [5.41, 5.74) is 0.577. The van der Waals surface area contributed by atoms with Crippen LogP contribution in [0, 0.1) is 5.92 Å². The number of rotatable bonds is 4. The first-order valence-corrected chi connectivity index (χ1v) is 5.71. The lowest BCUT2D eigenvalue weighted by Crippen LogP contribution is -2.24. The Morgan fingerprint density at radius 1 is 1.37 bits per heavy atom. The highest BCUT2D eigenvalue weighted by molar-refractivity contribution is 5.92. The lowest BCUT2D eigenvalue weighted by Gasteiger charge is -2.10. The van der Waals surface area contributed by atoms with E-state index in [4.69, 9.17) is 0 Å². The summed E-state index contributed by atoms with van der Waals surface area (Å²) in [6.45, 7) is -1.31. The Balaban J connectivity index is 0.00000180. The number of nitrogens with one attached hydrogen (secondary N) is 2. The van der Waals surface area contributed by atoms with Crippen molar-refractivity contribution in [3.05, 3.63) is 24.3 Å². The maximum atomic E-state index is 11.9. The summed E-state index contributed by atoms with van der Waals surface area (Å²) in [5, 5.41) is 5.85. The molecule has 2 N–H and O–H groups in total. The van der Waals surface area contributed by atoms with Gasteiger partial charge in [-0.2, -0.15) is 8.78 Å². The maximum absolute atomic E-state index is 11.9. The summed E-state index contributed by atoms with van der Waals surface area (Å²) in [5.74, 6) is -0.00458. The van der Waals surface area contributed by atoms with Crippen LogP contribution in [0.3, 0.4) is 0 Å². The van der Waals surface area contributed by atoms with Crippen molar-refractivity contribution in [2.24, 2.45) is 5.92 Å². The van der Waals surface area contributed by atoms with Crippen LogP contribution >= 0.6 is 12.4 Å². The Bertz CT molecular complexity index is 409. The van der Waals surface area contributed by atoms with E-state index < -0.39 is 6.61 Å². The zero-order valence-corrected chi connectivity index (χ0v) is 10.9. The third kappa shape index (κ3) is 4.65. The highest BCUT2D eigenvalue weighted by Crippen LogP contribution is 2.19. The van der Waals surface area contributed by atoms with Crippen molar-refractivity contribution >= 4 is 24.0 Å². The van der Waals surface area contributed by atoms with Crippen LogP contribution in [0.2, 0.25) is 0 Å². The van der Waals surface area contributed by atoms with Crippen LogP contribution in [0.5, 0.6) is 5.75 Å². The molecule has 1 aliphatic rings. The molecular weight excluding hydrogens is 278 g/mol. The molecule has 4 nitrogen and oxygen atoms in total. The van der Waals surface area contributed by atoms with Crippen molar-refractivity contribution < 1.29 is 18.3 Å². The van der Waals surface area contributed by atoms with E-state index in [1.807, 2.05) is 0 Å². The predicted molar refractivity (Wildman–Crippen MR) is 69.9 cm³/mol. The van der Waals surface area contributed by atoms with Crippen LogP contribution in [-0.2, 0) is 4.79 Å². The Hall–Kier alpha value is -1.40. The van der Waals surface area contributed by atoms with E-state index in [1.54, 1.807) is 0 Å². The second-order valence-electron chi connectivity index (χ2n) is 4.08. The standard InChI is InChI=1S/C12H14F2N2O2.ClH/c13-12(14)18-10-3-1-9(2-4-10)16-11(17)8-5-6-15-7-8;/h1-4,8,12,15H,5-7H2,(H,16,17);1H. The number of carbonyl (C=O) groups is 1. The SMILES string of the molecule is Cl.O=C(Nc1ccc(OC(F)F)cc1)C1CCNC1. The molecule has 1 saturated heterocycles. The monoisotopic (exact) mass is 292 g/mol. The largest absolute Gasteiger partial charge is 0.435 e. The van der Waals surface area contributed by atoms with Gasteiger partial charge in [0.05, 0.1) is 5.92 Å². The molecule has 1 aromatic carbocycles. The van der Waals surface area contributed by atoms with Crippen LogP contribution in [-0.4, -0.2) is 25.6 Å². The number of amides is 1. The fourth-order valence-electron chi connectivity index (χ4n) is 1.84. The number of carbonyl (C=O) groups excluding carboxylic acids is 1. The molecule has 0 radical (unpaired) electrons. The Morgan fingerprint density at radius 2 is 2.05 bits per heavy atom. The minimum atomic E-state index is -2.84. The first kappa shape index (κ1) is 15.7. The average Bonchev–Trinajstić information content (AvgIpc) is 2.84. The van der Waals surface area contributed by atoms with E-state index in [9.17, 15) is 13.6 Å². The first-order chi connectivity index (χ1) is 8.65. The molecule has 2 rings (SSSR count). The zero-order valence-electron chi connectivity index (χ0n) is 10.1. The van der Waals surface area contributed by atoms with E-state index in [2.05, 4.69) is 15.4 Å². The minimum absolute atomic E-state index is 0. The van der Waals surface area contributed by atoms with Gasteiger partial charge < -0.3 is 15.4 Å². The van der Waals surface area contributed by atoms with Gasteiger partial charge in [-0.05, 0) is 37.2 Å². The number of hydrogen-bond acceptors (Lipinski definition) is 3. The molecule has 1 unspecified atom stereocenters. The molecule has 1 aromatic rings. The first-order valence-electron chi connectivity index (χ1n) is 5.71. The van der Waals surface area contributed by atoms with Crippen LogP contribution in [0.1, 0.15) is 6.42 Å². The molecular formula is C12H15ClF2N2O2. The van der Waals surface area contributed by atoms with Gasteiger partial charge in [0.2, 0.25) is 5.91 Å². The van der Waals surface area contributed by atoms with Crippen molar-refractivity contribution in [3.63, 3.8) is 0 Å². The van der Waals surface area contributed by atoms with Crippen LogP contribution in [0.15, 0.2) is 24.3 Å². The summed E-state index contributed by atoms with van der Waals surface area (Å²) in [4.78, 5) is 11.8. The Labute approximate surface area is 115 Å². The molecule has 1 aliphatic heterocycles. The topological polar surface area (TPSA) is 50.4 Å². The molecule has 1 fully saturated rings. The van der Waals surface area contributed by atoms with Gasteiger partial charge in [-0.15, -0.1) is 12.4 Å². The van der Waals surface area contributed by atoms with Crippen molar-refractivity contribution in [1.82, 2.24) is 5.32 Å². The summed E-state index contributed by atoms with van der Waals surface area (Å²) < 4.78 is 28.1. The van der Waals surface area contributed by atoms with Crippen molar-refractivity contribution in [2.45, 2.75) is 13.0 Å². The lowest BCUT2D eigenvalue weighted by molar-refractivity contribution is -0.119. The normalized spacial score (nSPS) is 17.9. The van der Waals surface area contributed by atoms with Crippen molar-refractivity contribution in [3.8, 4) is 5.75 Å². The van der Waals surface area contributed by atoms with E-state index in [-0.39, 0.29) is 30.0 Å². The highest BCUT2D eigenvalue weighted by Gasteiger charge is 2.22. The Morgan fingerprint density at radius 3 is 2.58 bits per heavy atom. The summed E-state index contributed by atoms with van der Waals surface area (Å²) in [6.07, 6.45) is 0.818. The number of anilines is 1. The van der Waals surface area contributed by atoms with Gasteiger partial charge in [0.25, 0.3) is 0 Å². The zero-order chi connectivity index (χ0) is 13.0. The van der Waals surface area contributed by atoms with Crippen LogP contribution < -0.4 is 15.4 Å². The van der Waals surface area contributed by atoms with E-state index in [0.717, 1.165) is 13.0 Å². The molecule has 19 heavy (non-hydrogen) atoms. The third-order valence-corrected chi connectivity index (χ3v) is 2.78. The van der Waals surface area contributed by atoms with Gasteiger partial charge in [-0.3, -0.25) is 4.79 Å². The molecule has 0 spiro atoms. The molecule has 1 atom stereocenters. The number of benzene rings is 1. The minimum Gasteiger partial charge on any atom is -0.435 e. The van der Waals surface area contributed by atoms with Crippen molar-refractivity contribution in [2.75, 3.05) is 18.4 Å². The van der Waals surface area contributed by atoms with E-state index >= 15 is 0 Å². The smallest absolute Gasteiger partial charge is 0.387 e. The molecule has 106 valence electrons. The summed E-state index contributed by atoms with van der Waals surface area (Å²) >= 11 is 0. The maximum Gasteiger partial charge on any atom is 0.387 e. The third-order valence-electron chi connectivity index (χ3n) is 2.78. The van der Waals surface area contributed by atoms with Gasteiger partial charge in [0, 0.05) is 12.2 Å². The van der Waals surface area contributed by atoms with Gasteiger partial charge in [0.1, 0.15) is 5.75 Å². The predicted octanol–water partition coefficient (Wildman–Crippen LogP) is 2.26.